The van der Waals surface area contributed by atoms with E-state index in [9.17, 15) is 55.5 Å². The molecule has 110 heavy (non-hydrogen) atoms. The van der Waals surface area contributed by atoms with Crippen molar-refractivity contribution in [2.75, 3.05) is 89.2 Å². The molecule has 4 aliphatic rings. The summed E-state index contributed by atoms with van der Waals surface area (Å²) in [6.45, 7) is 6.07. The van der Waals surface area contributed by atoms with Gasteiger partial charge in [-0.2, -0.15) is 13.2 Å². The van der Waals surface area contributed by atoms with E-state index in [1.54, 1.807) is 50.4 Å². The lowest BCUT2D eigenvalue weighted by atomic mass is 9.74. The summed E-state index contributed by atoms with van der Waals surface area (Å²) in [4.78, 5) is 184. The lowest BCUT2D eigenvalue weighted by molar-refractivity contribution is -0.158. The first kappa shape index (κ1) is 90.3. The number of alkyl halides is 5. The highest BCUT2D eigenvalue weighted by Gasteiger charge is 2.54. The van der Waals surface area contributed by atoms with Crippen LogP contribution in [0.2, 0.25) is 0 Å². The molecule has 25 nitrogen and oxygen atoms in total. The van der Waals surface area contributed by atoms with Crippen LogP contribution in [0.4, 0.5) is 30.7 Å². The Kier molecular flexibility index (Phi) is 33.8. The van der Waals surface area contributed by atoms with Gasteiger partial charge in [-0.3, -0.25) is 52.7 Å². The van der Waals surface area contributed by atoms with Crippen molar-refractivity contribution in [3.63, 3.8) is 0 Å². The Hall–Kier alpha value is -8.55. The van der Waals surface area contributed by atoms with Gasteiger partial charge in [-0.05, 0) is 133 Å². The molecule has 612 valence electrons. The van der Waals surface area contributed by atoms with Crippen LogP contribution in [0.25, 0.3) is 0 Å². The third-order valence-electron chi connectivity index (χ3n) is 22.4. The van der Waals surface area contributed by atoms with Crippen molar-refractivity contribution in [2.24, 2.45) is 17.8 Å². The Morgan fingerprint density at radius 1 is 0.736 bits per heavy atom. The fourth-order valence-electron chi connectivity index (χ4n) is 15.3. The first-order valence-electron chi connectivity index (χ1n) is 38.1. The number of ether oxygens (including phenoxy) is 1. The van der Waals surface area contributed by atoms with Crippen LogP contribution in [0.1, 0.15) is 159 Å². The van der Waals surface area contributed by atoms with Gasteiger partial charge >= 0.3 is 6.18 Å². The van der Waals surface area contributed by atoms with Gasteiger partial charge in [0.25, 0.3) is 6.43 Å². The van der Waals surface area contributed by atoms with E-state index in [2.05, 4.69) is 21.3 Å². The van der Waals surface area contributed by atoms with Crippen LogP contribution in [0.5, 0.6) is 0 Å². The zero-order valence-electron chi connectivity index (χ0n) is 65.7. The summed E-state index contributed by atoms with van der Waals surface area (Å²) >= 11 is 0. The summed E-state index contributed by atoms with van der Waals surface area (Å²) < 4.78 is 106. The number of rotatable bonds is 39. The van der Waals surface area contributed by atoms with Crippen molar-refractivity contribution in [3.05, 3.63) is 82.4 Å². The molecule has 1 aliphatic heterocycles. The van der Waals surface area contributed by atoms with E-state index in [0.29, 0.717) is 62.5 Å². The third kappa shape index (κ3) is 23.3. The number of amides is 11. The average Bonchev–Trinajstić information content (AvgIpc) is 1.50. The summed E-state index contributed by atoms with van der Waals surface area (Å²) in [7, 11) is 11.2. The first-order valence-corrected chi connectivity index (χ1v) is 38.1. The summed E-state index contributed by atoms with van der Waals surface area (Å²) in [5.74, 6) is -13.2. The topological polar surface area (TPSA) is 288 Å². The zero-order chi connectivity index (χ0) is 81.8. The summed E-state index contributed by atoms with van der Waals surface area (Å²) in [6, 6.07) is -3.03. The maximum absolute atomic E-state index is 15.5. The van der Waals surface area contributed by atoms with E-state index in [-0.39, 0.29) is 63.5 Å². The largest absolute Gasteiger partial charge is 0.422 e. The highest BCUT2D eigenvalue weighted by molar-refractivity contribution is 6.01. The van der Waals surface area contributed by atoms with Crippen LogP contribution in [0, 0.1) is 36.3 Å². The number of allylic oxidation sites excluding steroid dienone is 1. The molecule has 32 heteroatoms. The number of aryl methyl sites for hydroxylation is 2. The molecule has 10 atom stereocenters. The second-order valence-corrected chi connectivity index (χ2v) is 30.3. The molecule has 0 spiro atoms. The van der Waals surface area contributed by atoms with Crippen molar-refractivity contribution in [2.45, 2.75) is 229 Å². The van der Waals surface area contributed by atoms with Gasteiger partial charge in [-0.25, -0.2) is 17.6 Å². The van der Waals surface area contributed by atoms with E-state index in [4.69, 9.17) is 4.74 Å². The van der Waals surface area contributed by atoms with Crippen LogP contribution in [0.15, 0.2) is 48.6 Å². The molecule has 1 saturated heterocycles. The predicted molar refractivity (Wildman–Crippen MR) is 395 cm³/mol. The molecule has 3 aliphatic carbocycles. The minimum absolute atomic E-state index is 0.0382. The number of hydrogen-bond acceptors (Lipinski definition) is 14. The molecule has 1 heterocycles. The molecule has 4 N–H and O–H groups in total. The smallest absolute Gasteiger partial charge is 0.370 e. The molecule has 2 aromatic carbocycles. The van der Waals surface area contributed by atoms with Crippen LogP contribution in [-0.4, -0.2) is 266 Å². The Morgan fingerprint density at radius 3 is 1.90 bits per heavy atom. The summed E-state index contributed by atoms with van der Waals surface area (Å²) in [6.07, 6.45) is -1.28. The van der Waals surface area contributed by atoms with Crippen molar-refractivity contribution in [1.29, 1.82) is 0 Å². The number of nitrogens with one attached hydrogen (secondary N) is 4. The van der Waals surface area contributed by atoms with Gasteiger partial charge in [0, 0.05) is 68.8 Å². The molecular formula is C78H113F7N12O13. The quantitative estimate of drug-likeness (QED) is 0.0321. The number of nitrogens with zero attached hydrogens (tertiary/aromatic N) is 8. The van der Waals surface area contributed by atoms with E-state index >= 15 is 32.8 Å². The standard InChI is InChI=1S/C78H113F7N12O13/c1-14-16-21-36-96(71(104)49(5)92(10)65(101)43-86-6)60(41-51-29-27-47(3)28-30-51)74(107)91(9)44-63(99)87-56(32-31-52-38-54(79)66(55(80)39-52)78(83,84)85)72(105)97-37-33-61(110-46-62(81)82)68(97)70(103)89-77(34-22-35-77)76(109)95(13)67(53-25-19-20-26-53)75(108)94(12)59(73(106)90(7)8)42-64(100)93(11)58(40-50-23-17-18-24-50)69(102)88-57(45-98)48(4)15-2/h14,16,27-30,38-39,45,48-50,53,56-62,67-68,86H,15,17-26,31-37,40-44,46H2,1-13H3,(H,87,99)(H,88,102)(H,89,103)/b16-14-/t48-,49-,56-,57+,58-,59-,60-,61-,67-,68-/m0/s1. The zero-order valence-corrected chi connectivity index (χ0v) is 65.7. The van der Waals surface area contributed by atoms with E-state index in [1.807, 2.05) is 20.8 Å². The van der Waals surface area contributed by atoms with E-state index in [0.717, 1.165) is 45.9 Å². The molecule has 6 rings (SSSR count). The Morgan fingerprint density at radius 2 is 1.35 bits per heavy atom. The minimum atomic E-state index is -5.46. The Balaban J connectivity index is 1.33. The van der Waals surface area contributed by atoms with Crippen LogP contribution in [0.3, 0.4) is 0 Å². The number of carbonyl (C=O) groups is 12. The maximum Gasteiger partial charge on any atom is 0.422 e. The van der Waals surface area contributed by atoms with Gasteiger partial charge < -0.3 is 70.0 Å². The van der Waals surface area contributed by atoms with E-state index in [1.165, 1.54) is 80.8 Å². The number of halogens is 7. The summed E-state index contributed by atoms with van der Waals surface area (Å²) in [5, 5.41) is 10.9. The Bertz CT molecular complexity index is 3550. The second kappa shape index (κ2) is 41.1. The van der Waals surface area contributed by atoms with Gasteiger partial charge in [0.05, 0.1) is 31.7 Å². The monoisotopic (exact) mass is 1560 g/mol. The average molecular weight is 1560 g/mol. The fraction of sp³-hybridized carbons (Fsp3) is 0.667. The second-order valence-electron chi connectivity index (χ2n) is 30.3. The lowest BCUT2D eigenvalue weighted by Crippen LogP contribution is -2.69. The number of benzene rings is 2. The first-order chi connectivity index (χ1) is 51.9. The summed E-state index contributed by atoms with van der Waals surface area (Å²) in [5.41, 5.74) is -2.98. The molecule has 0 unspecified atom stereocenters. The number of carbonyl (C=O) groups excluding carboxylic acids is 12. The molecule has 2 aromatic rings. The van der Waals surface area contributed by atoms with E-state index < -0.39 is 205 Å². The molecule has 0 bridgehead atoms. The normalized spacial score (nSPS) is 18.7. The maximum atomic E-state index is 15.5. The van der Waals surface area contributed by atoms with Crippen LogP contribution < -0.4 is 21.3 Å². The highest BCUT2D eigenvalue weighted by Crippen LogP contribution is 2.40. The van der Waals surface area contributed by atoms with Gasteiger partial charge in [0.1, 0.15) is 77.9 Å². The van der Waals surface area contributed by atoms with Crippen LogP contribution in [-0.2, 0) is 81.3 Å². The predicted octanol–water partition coefficient (Wildman–Crippen LogP) is 6.39. The van der Waals surface area contributed by atoms with Crippen LogP contribution >= 0.6 is 0 Å². The Labute approximate surface area is 640 Å². The van der Waals surface area contributed by atoms with Crippen molar-refractivity contribution in [1.82, 2.24) is 60.5 Å². The minimum Gasteiger partial charge on any atom is -0.370 e. The molecule has 0 aromatic heterocycles. The van der Waals surface area contributed by atoms with Gasteiger partial charge in [-0.15, -0.1) is 0 Å². The molecule has 11 amide bonds. The number of likely N-dealkylation sites (tertiary alicyclic amines) is 1. The fourth-order valence-corrected chi connectivity index (χ4v) is 15.3. The number of aldehydes is 1. The van der Waals surface area contributed by atoms with Gasteiger partial charge in [0.15, 0.2) is 0 Å². The molecular weight excluding hydrogens is 1450 g/mol. The van der Waals surface area contributed by atoms with Crippen molar-refractivity contribution < 1.29 is 93.0 Å². The number of likely N-dealkylation sites (N-methyl/N-ethyl adjacent to an activating group) is 7. The van der Waals surface area contributed by atoms with Gasteiger partial charge in [0.2, 0.25) is 65.0 Å². The van der Waals surface area contributed by atoms with Crippen molar-refractivity contribution in [3.8, 4) is 0 Å². The molecule has 0 radical (unpaired) electrons. The number of hydrogen-bond donors (Lipinski definition) is 4. The van der Waals surface area contributed by atoms with Gasteiger partial charge in [-0.1, -0.05) is 101 Å². The lowest BCUT2D eigenvalue weighted by Gasteiger charge is -2.47. The molecule has 3 saturated carbocycles. The SMILES string of the molecule is C/C=C\CCN(C(=O)[C@H](C)N(C)C(=O)CNC)[C@@H](Cc1ccc(C)cc1)C(=O)N(C)CC(=O)N[C@@H](CCc1cc(F)c(C(F)(F)F)c(F)c1)C(=O)N1CC[C@H](OCC(F)F)[C@H]1C(=O)NC1(C(=O)N(C)[C@H](C(=O)N(C)[C@@H](CC(=O)N(C)[C@@H](CC2CCCC2)C(=O)N[C@H](C=O)[C@@H](C)CC)C(=O)N(C)C)C2CCCC2)CCC1. The third-order valence-corrected chi connectivity index (χ3v) is 22.4. The molecule has 4 fully saturated rings. The highest BCUT2D eigenvalue weighted by atomic mass is 19.4. The van der Waals surface area contributed by atoms with Crippen molar-refractivity contribution >= 4 is 71.3 Å².